The highest BCUT2D eigenvalue weighted by Crippen LogP contribution is 2.26. The average Bonchev–Trinajstić information content (AvgIpc) is 3.01. The highest BCUT2D eigenvalue weighted by atomic mass is 127. The monoisotopic (exact) mass is 434 g/mol. The number of aryl methyl sites for hydroxylation is 1. The molecule has 1 aliphatic carbocycles. The Kier molecular flexibility index (Phi) is 9.50. The Morgan fingerprint density at radius 1 is 1.39 bits per heavy atom. The zero-order valence-corrected chi connectivity index (χ0v) is 16.9. The molecule has 1 aromatic heterocycles. The summed E-state index contributed by atoms with van der Waals surface area (Å²) in [5.74, 6) is 2.81. The molecule has 2 unspecified atom stereocenters. The Morgan fingerprint density at radius 2 is 2.22 bits per heavy atom. The smallest absolute Gasteiger partial charge is 0.191 e. The summed E-state index contributed by atoms with van der Waals surface area (Å²) in [6.45, 7) is 6.08. The Bertz CT molecular complexity index is 473. The molecule has 1 saturated carbocycles. The molecule has 1 aliphatic rings. The third kappa shape index (κ3) is 6.27. The van der Waals surface area contributed by atoms with Gasteiger partial charge in [-0.3, -0.25) is 4.99 Å². The van der Waals surface area contributed by atoms with Gasteiger partial charge in [-0.1, -0.05) is 33.1 Å². The van der Waals surface area contributed by atoms with Crippen LogP contribution in [0, 0.1) is 5.92 Å². The van der Waals surface area contributed by atoms with E-state index in [-0.39, 0.29) is 24.0 Å². The van der Waals surface area contributed by atoms with Gasteiger partial charge in [-0.25, -0.2) is 0 Å². The first-order valence-electron chi connectivity index (χ1n) is 8.60. The molecule has 23 heavy (non-hydrogen) atoms. The Balaban J connectivity index is 0.00000264. The molecular formula is C16H31IN6. The molecule has 2 N–H and O–H groups in total. The molecule has 0 saturated heterocycles. The number of nitrogens with zero attached hydrogens (tertiary/aromatic N) is 4. The summed E-state index contributed by atoms with van der Waals surface area (Å²) in [5.41, 5.74) is 0. The van der Waals surface area contributed by atoms with E-state index in [1.165, 1.54) is 32.1 Å². The van der Waals surface area contributed by atoms with Crippen LogP contribution in [0.25, 0.3) is 0 Å². The summed E-state index contributed by atoms with van der Waals surface area (Å²) < 4.78 is 2.09. The zero-order valence-electron chi connectivity index (χ0n) is 14.6. The van der Waals surface area contributed by atoms with Crippen LogP contribution in [0.2, 0.25) is 0 Å². The van der Waals surface area contributed by atoms with Crippen LogP contribution in [0.3, 0.4) is 0 Å². The van der Waals surface area contributed by atoms with Gasteiger partial charge in [0, 0.05) is 32.6 Å². The molecule has 6 nitrogen and oxygen atoms in total. The van der Waals surface area contributed by atoms with Crippen molar-refractivity contribution < 1.29 is 0 Å². The summed E-state index contributed by atoms with van der Waals surface area (Å²) in [4.78, 5) is 4.35. The molecule has 1 heterocycles. The van der Waals surface area contributed by atoms with E-state index in [9.17, 15) is 0 Å². The van der Waals surface area contributed by atoms with Crippen LogP contribution in [0.4, 0.5) is 0 Å². The van der Waals surface area contributed by atoms with Gasteiger partial charge in [-0.05, 0) is 18.8 Å². The molecule has 2 atom stereocenters. The Morgan fingerprint density at radius 3 is 2.91 bits per heavy atom. The lowest BCUT2D eigenvalue weighted by Gasteiger charge is -2.30. The van der Waals surface area contributed by atoms with E-state index in [4.69, 9.17) is 0 Å². The zero-order chi connectivity index (χ0) is 15.8. The van der Waals surface area contributed by atoms with E-state index in [0.717, 1.165) is 37.2 Å². The lowest BCUT2D eigenvalue weighted by Crippen LogP contribution is -2.46. The van der Waals surface area contributed by atoms with E-state index in [0.29, 0.717) is 6.04 Å². The Labute approximate surface area is 157 Å². The molecule has 0 spiro atoms. The maximum atomic E-state index is 4.35. The molecule has 132 valence electrons. The van der Waals surface area contributed by atoms with Crippen LogP contribution in [-0.4, -0.2) is 40.4 Å². The SMILES string of the molecule is CCc1nncn1CCNC(=NC)NC1CCCC(CC)C1.I. The molecule has 1 fully saturated rings. The molecular weight excluding hydrogens is 403 g/mol. The van der Waals surface area contributed by atoms with E-state index in [1.54, 1.807) is 6.33 Å². The van der Waals surface area contributed by atoms with Gasteiger partial charge in [0.15, 0.2) is 5.96 Å². The average molecular weight is 434 g/mol. The van der Waals surface area contributed by atoms with Crippen LogP contribution >= 0.6 is 24.0 Å². The summed E-state index contributed by atoms with van der Waals surface area (Å²) in [6.07, 6.45) is 9.22. The quantitative estimate of drug-likeness (QED) is 0.411. The van der Waals surface area contributed by atoms with Crippen molar-refractivity contribution in [2.45, 2.75) is 65.0 Å². The third-order valence-corrected chi connectivity index (χ3v) is 4.58. The fourth-order valence-electron chi connectivity index (χ4n) is 3.22. The van der Waals surface area contributed by atoms with Gasteiger partial charge in [-0.15, -0.1) is 34.2 Å². The maximum Gasteiger partial charge on any atom is 0.191 e. The van der Waals surface area contributed by atoms with Gasteiger partial charge in [0.2, 0.25) is 0 Å². The van der Waals surface area contributed by atoms with Crippen LogP contribution in [-0.2, 0) is 13.0 Å². The summed E-state index contributed by atoms with van der Waals surface area (Å²) in [7, 11) is 1.84. The number of aliphatic imine (C=N–C) groups is 1. The number of hydrogen-bond acceptors (Lipinski definition) is 3. The summed E-state index contributed by atoms with van der Waals surface area (Å²) in [6, 6.07) is 0.561. The largest absolute Gasteiger partial charge is 0.355 e. The van der Waals surface area contributed by atoms with Gasteiger partial charge < -0.3 is 15.2 Å². The molecule has 0 aromatic carbocycles. The highest BCUT2D eigenvalue weighted by molar-refractivity contribution is 14.0. The molecule has 7 heteroatoms. The Hall–Kier alpha value is -0.860. The molecule has 0 bridgehead atoms. The highest BCUT2D eigenvalue weighted by Gasteiger charge is 2.21. The van der Waals surface area contributed by atoms with Crippen LogP contribution < -0.4 is 10.6 Å². The fourth-order valence-corrected chi connectivity index (χ4v) is 3.22. The minimum atomic E-state index is 0. The molecule has 1 aromatic rings. The van der Waals surface area contributed by atoms with Gasteiger partial charge in [0.25, 0.3) is 0 Å². The molecule has 0 radical (unpaired) electrons. The first-order chi connectivity index (χ1) is 10.8. The minimum absolute atomic E-state index is 0. The maximum absolute atomic E-state index is 4.35. The van der Waals surface area contributed by atoms with Gasteiger partial charge in [0.05, 0.1) is 0 Å². The van der Waals surface area contributed by atoms with E-state index in [1.807, 2.05) is 7.05 Å². The van der Waals surface area contributed by atoms with E-state index >= 15 is 0 Å². The van der Waals surface area contributed by atoms with Gasteiger partial charge in [-0.2, -0.15) is 0 Å². The summed E-state index contributed by atoms with van der Waals surface area (Å²) in [5, 5.41) is 15.0. The van der Waals surface area contributed by atoms with Crippen molar-refractivity contribution in [1.29, 1.82) is 0 Å². The first kappa shape index (κ1) is 20.2. The second-order valence-corrected chi connectivity index (χ2v) is 6.08. The third-order valence-electron chi connectivity index (χ3n) is 4.58. The first-order valence-corrected chi connectivity index (χ1v) is 8.60. The predicted octanol–water partition coefficient (Wildman–Crippen LogP) is 2.59. The topological polar surface area (TPSA) is 67.1 Å². The standard InChI is InChI=1S/C16H30N6.HI/c1-4-13-7-6-8-14(11-13)20-16(17-3)18-9-10-22-12-19-21-15(22)5-2;/h12-14H,4-11H2,1-3H3,(H2,17,18,20);1H. The molecule has 2 rings (SSSR count). The van der Waals surface area contributed by atoms with Crippen LogP contribution in [0.15, 0.2) is 11.3 Å². The minimum Gasteiger partial charge on any atom is -0.355 e. The van der Waals surface area contributed by atoms with Crippen molar-refractivity contribution in [3.63, 3.8) is 0 Å². The number of halogens is 1. The van der Waals surface area contributed by atoms with Gasteiger partial charge in [0.1, 0.15) is 12.2 Å². The lowest BCUT2D eigenvalue weighted by atomic mass is 9.84. The number of aromatic nitrogens is 3. The van der Waals surface area contributed by atoms with Crippen molar-refractivity contribution in [1.82, 2.24) is 25.4 Å². The van der Waals surface area contributed by atoms with Crippen LogP contribution in [0.1, 0.15) is 51.8 Å². The molecule has 0 aliphatic heterocycles. The fraction of sp³-hybridized carbons (Fsp3) is 0.812. The lowest BCUT2D eigenvalue weighted by molar-refractivity contribution is 0.298. The van der Waals surface area contributed by atoms with Crippen LogP contribution in [0.5, 0.6) is 0 Å². The summed E-state index contributed by atoms with van der Waals surface area (Å²) >= 11 is 0. The normalized spacial score (nSPS) is 21.6. The molecule has 0 amide bonds. The number of guanidine groups is 1. The predicted molar refractivity (Wildman–Crippen MR) is 105 cm³/mol. The second-order valence-electron chi connectivity index (χ2n) is 6.08. The van der Waals surface area contributed by atoms with E-state index < -0.39 is 0 Å². The van der Waals surface area contributed by atoms with Crippen molar-refractivity contribution in [2.24, 2.45) is 10.9 Å². The van der Waals surface area contributed by atoms with Gasteiger partial charge >= 0.3 is 0 Å². The number of nitrogens with one attached hydrogen (secondary N) is 2. The van der Waals surface area contributed by atoms with Crippen molar-refractivity contribution >= 4 is 29.9 Å². The van der Waals surface area contributed by atoms with E-state index in [2.05, 4.69) is 44.2 Å². The second kappa shape index (κ2) is 10.8. The number of hydrogen-bond donors (Lipinski definition) is 2. The van der Waals surface area contributed by atoms with Crippen molar-refractivity contribution in [2.75, 3.05) is 13.6 Å². The van der Waals surface area contributed by atoms with Crippen molar-refractivity contribution in [3.8, 4) is 0 Å². The van der Waals surface area contributed by atoms with Crippen molar-refractivity contribution in [3.05, 3.63) is 12.2 Å². The number of rotatable bonds is 6.